The van der Waals surface area contributed by atoms with E-state index < -0.39 is 11.9 Å². The van der Waals surface area contributed by atoms with Crippen LogP contribution in [-0.4, -0.2) is 17.9 Å². The smallest absolute Gasteiger partial charge is 0.253 e. The number of nitrogens with one attached hydrogen (secondary N) is 2. The molecule has 2 N–H and O–H groups in total. The number of halogens is 1. The van der Waals surface area contributed by atoms with E-state index in [1.807, 2.05) is 30.3 Å². The van der Waals surface area contributed by atoms with Gasteiger partial charge in [-0.15, -0.1) is 0 Å². The molecule has 0 saturated carbocycles. The third kappa shape index (κ3) is 5.11. The van der Waals surface area contributed by atoms with E-state index in [1.165, 1.54) is 0 Å². The molecule has 1 unspecified atom stereocenters. The fraction of sp³-hybridized carbons (Fsp3) is 0.0909. The van der Waals surface area contributed by atoms with Crippen LogP contribution in [0.25, 0.3) is 0 Å². The summed E-state index contributed by atoms with van der Waals surface area (Å²) in [7, 11) is 0. The van der Waals surface area contributed by atoms with Gasteiger partial charge in [0.05, 0.1) is 10.6 Å². The SMILES string of the molecule is CC(NC(=O)c1ccccc1Cl)C(=O)Nc1ccc(Oc2ccccc2)cc1. The van der Waals surface area contributed by atoms with Crippen LogP contribution in [0.5, 0.6) is 11.5 Å². The van der Waals surface area contributed by atoms with Gasteiger partial charge in [-0.25, -0.2) is 0 Å². The number of carbonyl (C=O) groups is 2. The number of amides is 2. The van der Waals surface area contributed by atoms with Crippen molar-refractivity contribution in [3.8, 4) is 11.5 Å². The highest BCUT2D eigenvalue weighted by molar-refractivity contribution is 6.33. The number of anilines is 1. The maximum Gasteiger partial charge on any atom is 0.253 e. The summed E-state index contributed by atoms with van der Waals surface area (Å²) < 4.78 is 5.72. The Morgan fingerprint density at radius 1 is 0.857 bits per heavy atom. The third-order valence-corrected chi connectivity index (χ3v) is 4.29. The molecule has 6 heteroatoms. The molecule has 1 atom stereocenters. The topological polar surface area (TPSA) is 67.4 Å². The lowest BCUT2D eigenvalue weighted by atomic mass is 10.2. The lowest BCUT2D eigenvalue weighted by molar-refractivity contribution is -0.117. The third-order valence-electron chi connectivity index (χ3n) is 3.96. The number of para-hydroxylation sites is 1. The molecule has 0 fully saturated rings. The maximum absolute atomic E-state index is 12.4. The van der Waals surface area contributed by atoms with Crippen LogP contribution < -0.4 is 15.4 Å². The van der Waals surface area contributed by atoms with Crippen molar-refractivity contribution < 1.29 is 14.3 Å². The zero-order valence-corrected chi connectivity index (χ0v) is 15.9. The van der Waals surface area contributed by atoms with Gasteiger partial charge >= 0.3 is 0 Å². The van der Waals surface area contributed by atoms with E-state index in [1.54, 1.807) is 55.5 Å². The van der Waals surface area contributed by atoms with Crippen LogP contribution in [-0.2, 0) is 4.79 Å². The molecule has 0 aliphatic carbocycles. The minimum absolute atomic E-state index is 0.325. The van der Waals surface area contributed by atoms with E-state index in [0.717, 1.165) is 5.75 Å². The number of carbonyl (C=O) groups excluding carboxylic acids is 2. The zero-order chi connectivity index (χ0) is 19.9. The van der Waals surface area contributed by atoms with E-state index in [-0.39, 0.29) is 5.91 Å². The van der Waals surface area contributed by atoms with Crippen molar-refractivity contribution in [2.75, 3.05) is 5.32 Å². The van der Waals surface area contributed by atoms with Crippen molar-refractivity contribution in [1.82, 2.24) is 5.32 Å². The Morgan fingerprint density at radius 3 is 2.14 bits per heavy atom. The van der Waals surface area contributed by atoms with Crippen LogP contribution in [0.4, 0.5) is 5.69 Å². The molecule has 0 aromatic heterocycles. The second-order valence-electron chi connectivity index (χ2n) is 6.10. The molecule has 0 aliphatic heterocycles. The minimum Gasteiger partial charge on any atom is -0.457 e. The van der Waals surface area contributed by atoms with Crippen LogP contribution >= 0.6 is 11.6 Å². The number of hydrogen-bond acceptors (Lipinski definition) is 3. The van der Waals surface area contributed by atoms with Gasteiger partial charge in [0.2, 0.25) is 5.91 Å². The van der Waals surface area contributed by atoms with Crippen molar-refractivity contribution in [2.45, 2.75) is 13.0 Å². The molecule has 5 nitrogen and oxygen atoms in total. The summed E-state index contributed by atoms with van der Waals surface area (Å²) >= 11 is 6.01. The molecule has 0 bridgehead atoms. The number of rotatable bonds is 6. The van der Waals surface area contributed by atoms with Gasteiger partial charge in [-0.1, -0.05) is 41.9 Å². The largest absolute Gasteiger partial charge is 0.457 e. The summed E-state index contributed by atoms with van der Waals surface area (Å²) in [6, 6.07) is 22.4. The second kappa shape index (κ2) is 9.06. The number of ether oxygens (including phenoxy) is 1. The first-order valence-electron chi connectivity index (χ1n) is 8.72. The lowest BCUT2D eigenvalue weighted by Gasteiger charge is -2.15. The van der Waals surface area contributed by atoms with E-state index >= 15 is 0 Å². The summed E-state index contributed by atoms with van der Waals surface area (Å²) in [5.74, 6) is 0.649. The monoisotopic (exact) mass is 394 g/mol. The van der Waals surface area contributed by atoms with Gasteiger partial charge in [-0.3, -0.25) is 9.59 Å². The van der Waals surface area contributed by atoms with Gasteiger partial charge in [0.15, 0.2) is 0 Å². The van der Waals surface area contributed by atoms with E-state index in [0.29, 0.717) is 22.0 Å². The standard InChI is InChI=1S/C22H19ClN2O3/c1-15(24-22(27)19-9-5-6-10-20(19)23)21(26)25-16-11-13-18(14-12-16)28-17-7-3-2-4-8-17/h2-15H,1H3,(H,24,27)(H,25,26). The summed E-state index contributed by atoms with van der Waals surface area (Å²) in [4.78, 5) is 24.6. The van der Waals surface area contributed by atoms with E-state index in [4.69, 9.17) is 16.3 Å². The molecule has 0 saturated heterocycles. The molecular weight excluding hydrogens is 376 g/mol. The fourth-order valence-electron chi connectivity index (χ4n) is 2.47. The quantitative estimate of drug-likeness (QED) is 0.625. The Morgan fingerprint density at radius 2 is 1.46 bits per heavy atom. The van der Waals surface area contributed by atoms with Crippen LogP contribution in [0.2, 0.25) is 5.02 Å². The lowest BCUT2D eigenvalue weighted by Crippen LogP contribution is -2.41. The van der Waals surface area contributed by atoms with Gasteiger partial charge in [-0.05, 0) is 55.5 Å². The van der Waals surface area contributed by atoms with Gasteiger partial charge in [0, 0.05) is 5.69 Å². The Kier molecular flexibility index (Phi) is 6.29. The molecule has 3 aromatic rings. The Labute approximate surface area is 168 Å². The van der Waals surface area contributed by atoms with Gasteiger partial charge in [0.1, 0.15) is 17.5 Å². The van der Waals surface area contributed by atoms with Gasteiger partial charge < -0.3 is 15.4 Å². The highest BCUT2D eigenvalue weighted by Crippen LogP contribution is 2.22. The predicted molar refractivity (Wildman–Crippen MR) is 110 cm³/mol. The summed E-state index contributed by atoms with van der Waals surface area (Å²) in [5, 5.41) is 5.74. The van der Waals surface area contributed by atoms with Crippen LogP contribution in [0.1, 0.15) is 17.3 Å². The Balaban J connectivity index is 1.56. The molecule has 28 heavy (non-hydrogen) atoms. The van der Waals surface area contributed by atoms with E-state index in [2.05, 4.69) is 10.6 Å². The predicted octanol–water partition coefficient (Wildman–Crippen LogP) is 4.89. The summed E-state index contributed by atoms with van der Waals surface area (Å²) in [6.45, 7) is 1.61. The molecule has 0 radical (unpaired) electrons. The molecule has 2 amide bonds. The maximum atomic E-state index is 12.4. The molecule has 3 rings (SSSR count). The van der Waals surface area contributed by atoms with Crippen LogP contribution in [0.15, 0.2) is 78.9 Å². The van der Waals surface area contributed by atoms with E-state index in [9.17, 15) is 9.59 Å². The van der Waals surface area contributed by atoms with Crippen molar-refractivity contribution in [3.63, 3.8) is 0 Å². The van der Waals surface area contributed by atoms with Gasteiger partial charge in [0.25, 0.3) is 5.91 Å². The average Bonchev–Trinajstić information content (AvgIpc) is 2.70. The molecule has 142 valence electrons. The highest BCUT2D eigenvalue weighted by atomic mass is 35.5. The van der Waals surface area contributed by atoms with Crippen molar-refractivity contribution >= 4 is 29.1 Å². The normalized spacial score (nSPS) is 11.4. The molecule has 0 aliphatic rings. The van der Waals surface area contributed by atoms with Crippen molar-refractivity contribution in [1.29, 1.82) is 0 Å². The summed E-state index contributed by atoms with van der Waals surface area (Å²) in [5.41, 5.74) is 0.926. The second-order valence-corrected chi connectivity index (χ2v) is 6.51. The van der Waals surface area contributed by atoms with Crippen LogP contribution in [0.3, 0.4) is 0 Å². The molecular formula is C22H19ClN2O3. The highest BCUT2D eigenvalue weighted by Gasteiger charge is 2.18. The molecule has 0 spiro atoms. The van der Waals surface area contributed by atoms with Crippen molar-refractivity contribution in [2.24, 2.45) is 0 Å². The number of benzene rings is 3. The Hall–Kier alpha value is -3.31. The minimum atomic E-state index is -0.732. The summed E-state index contributed by atoms with van der Waals surface area (Å²) in [6.07, 6.45) is 0. The first-order chi connectivity index (χ1) is 13.5. The number of hydrogen-bond donors (Lipinski definition) is 2. The first kappa shape index (κ1) is 19.5. The fourth-order valence-corrected chi connectivity index (χ4v) is 2.69. The Bertz CT molecular complexity index is 959. The average molecular weight is 395 g/mol. The van der Waals surface area contributed by atoms with Gasteiger partial charge in [-0.2, -0.15) is 0 Å². The zero-order valence-electron chi connectivity index (χ0n) is 15.2. The van der Waals surface area contributed by atoms with Crippen molar-refractivity contribution in [3.05, 3.63) is 89.4 Å². The molecule has 3 aromatic carbocycles. The first-order valence-corrected chi connectivity index (χ1v) is 9.10. The van der Waals surface area contributed by atoms with Crippen LogP contribution in [0, 0.1) is 0 Å². The molecule has 0 heterocycles.